The van der Waals surface area contributed by atoms with Gasteiger partial charge in [0.05, 0.1) is 37.2 Å². The predicted molar refractivity (Wildman–Crippen MR) is 81.7 cm³/mol. The second kappa shape index (κ2) is 6.31. The van der Waals surface area contributed by atoms with Crippen molar-refractivity contribution < 1.29 is 9.47 Å². The number of nitriles is 1. The Hall–Kier alpha value is -2.19. The summed E-state index contributed by atoms with van der Waals surface area (Å²) in [4.78, 5) is 0. The minimum atomic E-state index is 0.601. The molecule has 0 aliphatic rings. The summed E-state index contributed by atoms with van der Waals surface area (Å²) in [6.45, 7) is 0. The van der Waals surface area contributed by atoms with Crippen molar-refractivity contribution in [1.82, 2.24) is 0 Å². The summed E-state index contributed by atoms with van der Waals surface area (Å²) in [5.74, 6) is 1.41. The summed E-state index contributed by atoms with van der Waals surface area (Å²) in [5.41, 5.74) is 2.27. The Balaban J connectivity index is 2.32. The van der Waals surface area contributed by atoms with Gasteiger partial charge in [-0.05, 0) is 46.3 Å². The van der Waals surface area contributed by atoms with Crippen molar-refractivity contribution in [3.8, 4) is 17.6 Å². The van der Waals surface area contributed by atoms with E-state index in [1.807, 2.05) is 18.2 Å². The highest BCUT2D eigenvalue weighted by molar-refractivity contribution is 9.10. The lowest BCUT2D eigenvalue weighted by Crippen LogP contribution is -1.96. The van der Waals surface area contributed by atoms with Crippen molar-refractivity contribution in [3.63, 3.8) is 0 Å². The SMILES string of the molecule is COc1ccc(Nc2ccc(C#N)cc2Br)c(OC)c1. The standard InChI is InChI=1S/C15H13BrN2O2/c1-19-11-4-6-14(15(8-11)20-2)18-13-5-3-10(9-17)7-12(13)16/h3-8,18H,1-2H3. The van der Waals surface area contributed by atoms with Crippen LogP contribution >= 0.6 is 15.9 Å². The number of anilines is 2. The number of hydrogen-bond donors (Lipinski definition) is 1. The van der Waals surface area contributed by atoms with Crippen molar-refractivity contribution in [3.05, 3.63) is 46.4 Å². The molecule has 0 aromatic heterocycles. The molecule has 0 spiro atoms. The van der Waals surface area contributed by atoms with Gasteiger partial charge in [-0.3, -0.25) is 0 Å². The molecule has 0 fully saturated rings. The third kappa shape index (κ3) is 3.03. The van der Waals surface area contributed by atoms with Crippen molar-refractivity contribution in [2.45, 2.75) is 0 Å². The zero-order chi connectivity index (χ0) is 14.5. The molecular weight excluding hydrogens is 320 g/mol. The first-order valence-electron chi connectivity index (χ1n) is 5.86. The zero-order valence-corrected chi connectivity index (χ0v) is 12.7. The Morgan fingerprint density at radius 3 is 2.40 bits per heavy atom. The van der Waals surface area contributed by atoms with Crippen LogP contribution in [-0.2, 0) is 0 Å². The first-order valence-corrected chi connectivity index (χ1v) is 6.66. The van der Waals surface area contributed by atoms with E-state index in [9.17, 15) is 0 Å². The molecule has 0 heterocycles. The Morgan fingerprint density at radius 1 is 1.05 bits per heavy atom. The quantitative estimate of drug-likeness (QED) is 0.916. The van der Waals surface area contributed by atoms with E-state index < -0.39 is 0 Å². The van der Waals surface area contributed by atoms with Gasteiger partial charge in [-0.25, -0.2) is 0 Å². The van der Waals surface area contributed by atoms with Gasteiger partial charge in [0.25, 0.3) is 0 Å². The molecule has 0 bridgehead atoms. The van der Waals surface area contributed by atoms with Gasteiger partial charge in [-0.2, -0.15) is 5.26 Å². The summed E-state index contributed by atoms with van der Waals surface area (Å²) < 4.78 is 11.3. The third-order valence-electron chi connectivity index (χ3n) is 2.78. The van der Waals surface area contributed by atoms with E-state index in [2.05, 4.69) is 27.3 Å². The molecule has 2 aromatic rings. The van der Waals surface area contributed by atoms with Gasteiger partial charge in [-0.15, -0.1) is 0 Å². The first-order chi connectivity index (χ1) is 9.67. The molecule has 0 unspecified atom stereocenters. The molecule has 2 rings (SSSR count). The van der Waals surface area contributed by atoms with Crippen LogP contribution in [0.5, 0.6) is 11.5 Å². The first kappa shape index (κ1) is 14.2. The van der Waals surface area contributed by atoms with Crippen molar-refractivity contribution in [2.75, 3.05) is 19.5 Å². The Morgan fingerprint density at radius 2 is 1.80 bits per heavy atom. The minimum absolute atomic E-state index is 0.601. The molecule has 4 nitrogen and oxygen atoms in total. The van der Waals surface area contributed by atoms with Gasteiger partial charge in [0.2, 0.25) is 0 Å². The van der Waals surface area contributed by atoms with Crippen LogP contribution in [0.1, 0.15) is 5.56 Å². The fourth-order valence-electron chi connectivity index (χ4n) is 1.73. The smallest absolute Gasteiger partial charge is 0.145 e. The summed E-state index contributed by atoms with van der Waals surface area (Å²) in [6, 6.07) is 13.0. The molecule has 102 valence electrons. The van der Waals surface area contributed by atoms with Crippen molar-refractivity contribution >= 4 is 27.3 Å². The van der Waals surface area contributed by atoms with Crippen LogP contribution in [-0.4, -0.2) is 14.2 Å². The Labute approximate surface area is 126 Å². The minimum Gasteiger partial charge on any atom is -0.497 e. The van der Waals surface area contributed by atoms with Gasteiger partial charge < -0.3 is 14.8 Å². The molecule has 20 heavy (non-hydrogen) atoms. The molecular formula is C15H13BrN2O2. The average Bonchev–Trinajstić information content (AvgIpc) is 2.49. The number of halogens is 1. The van der Waals surface area contributed by atoms with Crippen LogP contribution in [0.4, 0.5) is 11.4 Å². The van der Waals surface area contributed by atoms with Crippen molar-refractivity contribution in [1.29, 1.82) is 5.26 Å². The van der Waals surface area contributed by atoms with E-state index in [1.54, 1.807) is 32.4 Å². The maximum absolute atomic E-state index is 8.86. The summed E-state index contributed by atoms with van der Waals surface area (Å²) in [6.07, 6.45) is 0. The number of nitrogens with zero attached hydrogens (tertiary/aromatic N) is 1. The number of rotatable bonds is 4. The molecule has 1 N–H and O–H groups in total. The van der Waals surface area contributed by atoms with E-state index in [4.69, 9.17) is 14.7 Å². The van der Waals surface area contributed by atoms with Crippen LogP contribution in [0.15, 0.2) is 40.9 Å². The van der Waals surface area contributed by atoms with Gasteiger partial charge in [0, 0.05) is 10.5 Å². The molecule has 0 saturated heterocycles. The third-order valence-corrected chi connectivity index (χ3v) is 3.43. The Kier molecular flexibility index (Phi) is 4.49. The lowest BCUT2D eigenvalue weighted by Gasteiger charge is -2.13. The number of hydrogen-bond acceptors (Lipinski definition) is 4. The van der Waals surface area contributed by atoms with Crippen molar-refractivity contribution in [2.24, 2.45) is 0 Å². The van der Waals surface area contributed by atoms with Gasteiger partial charge >= 0.3 is 0 Å². The lowest BCUT2D eigenvalue weighted by atomic mass is 10.2. The maximum atomic E-state index is 8.86. The average molecular weight is 333 g/mol. The zero-order valence-electron chi connectivity index (χ0n) is 11.1. The van der Waals surface area contributed by atoms with E-state index in [0.717, 1.165) is 21.6 Å². The van der Waals surface area contributed by atoms with E-state index in [-0.39, 0.29) is 0 Å². The number of methoxy groups -OCH3 is 2. The van der Waals surface area contributed by atoms with Crippen LogP contribution in [0.2, 0.25) is 0 Å². The summed E-state index contributed by atoms with van der Waals surface area (Å²) in [5, 5.41) is 12.1. The monoisotopic (exact) mass is 332 g/mol. The van der Waals surface area contributed by atoms with Gasteiger partial charge in [0.15, 0.2) is 0 Å². The van der Waals surface area contributed by atoms with Crippen LogP contribution < -0.4 is 14.8 Å². The summed E-state index contributed by atoms with van der Waals surface area (Å²) in [7, 11) is 3.22. The Bertz CT molecular complexity index is 665. The van der Waals surface area contributed by atoms with Crippen LogP contribution in [0.3, 0.4) is 0 Å². The van der Waals surface area contributed by atoms with Crippen LogP contribution in [0, 0.1) is 11.3 Å². The van der Waals surface area contributed by atoms with E-state index >= 15 is 0 Å². The van der Waals surface area contributed by atoms with Gasteiger partial charge in [-0.1, -0.05) is 0 Å². The highest BCUT2D eigenvalue weighted by Gasteiger charge is 2.07. The number of nitrogens with one attached hydrogen (secondary N) is 1. The van der Waals surface area contributed by atoms with Crippen LogP contribution in [0.25, 0.3) is 0 Å². The largest absolute Gasteiger partial charge is 0.497 e. The molecule has 0 atom stereocenters. The normalized spacial score (nSPS) is 9.70. The number of ether oxygens (including phenoxy) is 2. The van der Waals surface area contributed by atoms with Gasteiger partial charge in [0.1, 0.15) is 11.5 Å². The molecule has 0 aliphatic carbocycles. The second-order valence-corrected chi connectivity index (χ2v) is 4.85. The predicted octanol–water partition coefficient (Wildman–Crippen LogP) is 4.08. The highest BCUT2D eigenvalue weighted by Crippen LogP contribution is 2.34. The molecule has 0 saturated carbocycles. The number of benzene rings is 2. The molecule has 5 heteroatoms. The topological polar surface area (TPSA) is 54.3 Å². The van der Waals surface area contributed by atoms with E-state index in [0.29, 0.717) is 11.3 Å². The highest BCUT2D eigenvalue weighted by atomic mass is 79.9. The molecule has 0 amide bonds. The maximum Gasteiger partial charge on any atom is 0.145 e. The van der Waals surface area contributed by atoms with E-state index in [1.165, 1.54) is 0 Å². The lowest BCUT2D eigenvalue weighted by molar-refractivity contribution is 0.395. The fraction of sp³-hybridized carbons (Fsp3) is 0.133. The molecule has 0 aliphatic heterocycles. The summed E-state index contributed by atoms with van der Waals surface area (Å²) >= 11 is 3.44. The fourth-order valence-corrected chi connectivity index (χ4v) is 2.21. The molecule has 2 aromatic carbocycles. The second-order valence-electron chi connectivity index (χ2n) is 4.00. The molecule has 0 radical (unpaired) electrons.